The molecule has 0 aliphatic carbocycles. The fourth-order valence-corrected chi connectivity index (χ4v) is 30.2. The van der Waals surface area contributed by atoms with Crippen LogP contribution >= 0.6 is 90.7 Å². The molecule has 20 aromatic heterocycles. The Morgan fingerprint density at radius 2 is 0.452 bits per heavy atom. The van der Waals surface area contributed by atoms with Crippen LogP contribution in [-0.2, 0) is 0 Å². The van der Waals surface area contributed by atoms with Gasteiger partial charge in [0.15, 0.2) is 0 Å². The van der Waals surface area contributed by atoms with E-state index in [0.717, 1.165) is 44.1 Å². The summed E-state index contributed by atoms with van der Waals surface area (Å²) < 4.78 is 30.5. The van der Waals surface area contributed by atoms with Crippen LogP contribution in [-0.4, -0.2) is 57.5 Å². The first-order chi connectivity index (χ1) is 61.5. The summed E-state index contributed by atoms with van der Waals surface area (Å²) in [4.78, 5) is 36.1. The van der Waals surface area contributed by atoms with Crippen LogP contribution < -0.4 is 0 Å². The maximum atomic E-state index is 4.67. The Balaban J connectivity index is 0.0000000828. The average Bonchev–Trinajstić information content (AvgIpc) is 1.55. The Morgan fingerprint density at radius 1 is 0.169 bits per heavy atom. The summed E-state index contributed by atoms with van der Waals surface area (Å²) in [5, 5.41) is 35.6. The lowest BCUT2D eigenvalue weighted by molar-refractivity contribution is 1.27. The van der Waals surface area contributed by atoms with Crippen LogP contribution in [0.5, 0.6) is 0 Å². The number of hydrogen-bond acceptors (Lipinski definition) is 16. The molecule has 0 radical (unpaired) electrons. The van der Waals surface area contributed by atoms with E-state index >= 15 is 0 Å². The molecule has 0 N–H and O–H groups in total. The zero-order valence-corrected chi connectivity index (χ0v) is 71.2. The zero-order valence-electron chi connectivity index (χ0n) is 64.7. The molecule has 32 aromatic rings. The van der Waals surface area contributed by atoms with Crippen LogP contribution in [0.15, 0.2) is 318 Å². The Morgan fingerprint density at radius 3 is 0.911 bits per heavy atom. The van der Waals surface area contributed by atoms with Gasteiger partial charge in [0.25, 0.3) is 0 Å². The highest BCUT2D eigenvalue weighted by Gasteiger charge is 2.25. The van der Waals surface area contributed by atoms with Crippen molar-refractivity contribution in [3.63, 3.8) is 0 Å². The number of aromatic nitrogens is 12. The highest BCUT2D eigenvalue weighted by molar-refractivity contribution is 7.34. The number of fused-ring (bicyclic) bond motifs is 54. The predicted molar refractivity (Wildman–Crippen MR) is 535 cm³/mol. The van der Waals surface area contributed by atoms with Gasteiger partial charge in [-0.1, -0.05) is 140 Å². The van der Waals surface area contributed by atoms with Crippen molar-refractivity contribution in [3.05, 3.63) is 318 Å². The van der Waals surface area contributed by atoms with Crippen molar-refractivity contribution in [3.8, 4) is 0 Å². The van der Waals surface area contributed by atoms with Crippen molar-refractivity contribution in [2.24, 2.45) is 0 Å². The third kappa shape index (κ3) is 9.51. The van der Waals surface area contributed by atoms with E-state index < -0.39 is 0 Å². The Hall–Kier alpha value is -14.2. The van der Waals surface area contributed by atoms with Gasteiger partial charge >= 0.3 is 0 Å². The molecule has 32 rings (SSSR count). The molecule has 12 aromatic carbocycles. The summed E-state index contributed by atoms with van der Waals surface area (Å²) in [5.74, 6) is 0. The Labute approximate surface area is 729 Å². The number of imidazole rings is 4. The minimum Gasteiger partial charge on any atom is -0.298 e. The lowest BCUT2D eigenvalue weighted by atomic mass is 10.0. The standard InChI is InChI=1S/4C26H13N3S2/c1-2-4-21-15(3-1)18-11-23-19(12-22(18)30-21)17-6-5-16-14-7-8-27-13-20(14)26-28-9-10-29(26)24(16)25(17)31-23;1-2-4-21-15(3-1)18-11-19-17-6-5-16-14-7-8-27-13-20(14)26-28-9-10-29(26)24(16)25(17)31-23(19)12-22(18)30-21;1-2-4-20-18(3-1)22-21(30-20)8-7-16-17-6-5-15-14-9-10-27-13-19(14)26-28-11-12-29(26)23(15)25(17)31-24(16)22;1-2-4-21-15(3-1)17-7-8-19-18-6-5-16-14-9-10-27-13-20(14)26-28-11-12-29(26)22(16)23(18)31-25(19)24(17)30-21/h4*1-13H. The molecule has 124 heavy (non-hydrogen) atoms. The zero-order chi connectivity index (χ0) is 80.4. The van der Waals surface area contributed by atoms with E-state index in [0.29, 0.717) is 0 Å². The number of hydrogen-bond donors (Lipinski definition) is 0. The van der Waals surface area contributed by atoms with Crippen LogP contribution in [0.2, 0.25) is 0 Å². The molecule has 0 fully saturated rings. The summed E-state index contributed by atoms with van der Waals surface area (Å²) in [6.07, 6.45) is 31.0. The van der Waals surface area contributed by atoms with Crippen molar-refractivity contribution >= 4 is 361 Å². The van der Waals surface area contributed by atoms with Gasteiger partial charge in [0.2, 0.25) is 0 Å². The molecule has 12 nitrogen and oxygen atoms in total. The van der Waals surface area contributed by atoms with Crippen LogP contribution in [0.1, 0.15) is 0 Å². The van der Waals surface area contributed by atoms with Gasteiger partial charge in [-0.25, -0.2) is 19.9 Å². The van der Waals surface area contributed by atoms with Crippen molar-refractivity contribution in [1.82, 2.24) is 57.5 Å². The predicted octanol–water partition coefficient (Wildman–Crippen LogP) is 31.1. The van der Waals surface area contributed by atoms with Crippen molar-refractivity contribution in [2.75, 3.05) is 0 Å². The normalized spacial score (nSPS) is 12.5. The second kappa shape index (κ2) is 25.7. The molecular weight excluding hydrogens is 1670 g/mol. The van der Waals surface area contributed by atoms with Crippen molar-refractivity contribution < 1.29 is 0 Å². The van der Waals surface area contributed by atoms with E-state index in [1.54, 1.807) is 0 Å². The molecule has 0 aliphatic rings. The van der Waals surface area contributed by atoms with Gasteiger partial charge in [-0.2, -0.15) is 0 Å². The first-order valence-electron chi connectivity index (χ1n) is 40.6. The lowest BCUT2D eigenvalue weighted by Gasteiger charge is -2.08. The fourth-order valence-electron chi connectivity index (χ4n) is 20.0. The molecule has 20 heterocycles. The largest absolute Gasteiger partial charge is 0.298 e. The van der Waals surface area contributed by atoms with E-state index in [1.807, 2.05) is 165 Å². The van der Waals surface area contributed by atoms with Crippen LogP contribution in [0.25, 0.3) is 271 Å². The summed E-state index contributed by atoms with van der Waals surface area (Å²) in [7, 11) is 0. The van der Waals surface area contributed by atoms with Crippen molar-refractivity contribution in [2.45, 2.75) is 0 Å². The molecule has 0 spiro atoms. The summed E-state index contributed by atoms with van der Waals surface area (Å²) in [6.45, 7) is 0. The van der Waals surface area contributed by atoms with Crippen LogP contribution in [0, 0.1) is 0 Å². The van der Waals surface area contributed by atoms with Gasteiger partial charge in [0, 0.05) is 275 Å². The number of rotatable bonds is 0. The molecule has 0 aliphatic heterocycles. The number of nitrogens with zero attached hydrogens (tertiary/aromatic N) is 12. The third-order valence-corrected chi connectivity index (χ3v) is 35.0. The number of thiophene rings is 8. The Bertz CT molecular complexity index is 10200. The topological polar surface area (TPSA) is 121 Å². The smallest absolute Gasteiger partial charge is 0.146 e. The molecule has 0 saturated carbocycles. The van der Waals surface area contributed by atoms with Gasteiger partial charge in [-0.3, -0.25) is 37.5 Å². The minimum atomic E-state index is 0.965. The molecule has 0 bridgehead atoms. The van der Waals surface area contributed by atoms with Gasteiger partial charge in [-0.05, 0) is 100 Å². The average molecular weight is 1730 g/mol. The van der Waals surface area contributed by atoms with E-state index in [2.05, 4.69) is 301 Å². The SMILES string of the molecule is c1ccc2c(c1)sc1c2ccc2c3ccc4c5ccncc5c5nccn5c4c3sc21.c1ccc2c(c1)sc1cc3c(cc12)sc1c3ccc2c3ccncc3c3nccn3c21.c1ccc2c(c1)sc1cc3sc4c(ccc5c6ccncc6c6nccn6c54)c3cc12.c1ccc2c(c1)sc1ccc3c4ccc5c6ccncc6c6nccn6c5c4sc3c12. The van der Waals surface area contributed by atoms with E-state index in [-0.39, 0.29) is 0 Å². The minimum absolute atomic E-state index is 0.965. The number of benzene rings is 12. The second-order valence-electron chi connectivity index (χ2n) is 31.6. The highest BCUT2D eigenvalue weighted by atomic mass is 32.1. The maximum absolute atomic E-state index is 4.67. The molecule has 0 amide bonds. The molecule has 0 atom stereocenters. The summed E-state index contributed by atoms with van der Waals surface area (Å²) in [5.41, 5.74) is 8.80. The van der Waals surface area contributed by atoms with Crippen LogP contribution in [0.4, 0.5) is 0 Å². The van der Waals surface area contributed by atoms with Gasteiger partial charge in [-0.15, -0.1) is 90.7 Å². The quantitative estimate of drug-likeness (QED) is 0.138. The molecule has 0 unspecified atom stereocenters. The number of pyridine rings is 8. The second-order valence-corrected chi connectivity index (χ2v) is 40.1. The first kappa shape index (κ1) is 68.5. The van der Waals surface area contributed by atoms with Crippen LogP contribution in [0.3, 0.4) is 0 Å². The van der Waals surface area contributed by atoms with E-state index in [4.69, 9.17) is 0 Å². The Kier molecular flexibility index (Phi) is 14.2. The fraction of sp³-hybridized carbons (Fsp3) is 0. The van der Waals surface area contributed by atoms with Gasteiger partial charge in [0.05, 0.1) is 50.3 Å². The van der Waals surface area contributed by atoms with E-state index in [9.17, 15) is 0 Å². The summed E-state index contributed by atoms with van der Waals surface area (Å²) in [6, 6.07) is 80.3. The van der Waals surface area contributed by atoms with Gasteiger partial charge < -0.3 is 0 Å². The molecule has 576 valence electrons. The lowest BCUT2D eigenvalue weighted by Crippen LogP contribution is -1.91. The van der Waals surface area contributed by atoms with Crippen molar-refractivity contribution in [1.29, 1.82) is 0 Å². The first-order valence-corrected chi connectivity index (χ1v) is 47.2. The maximum Gasteiger partial charge on any atom is 0.146 e. The monoisotopic (exact) mass is 1720 g/mol. The molecular formula is C104H52N12S8. The van der Waals surface area contributed by atoms with E-state index in [1.165, 1.54) is 227 Å². The summed E-state index contributed by atoms with van der Waals surface area (Å²) >= 11 is 15.1. The highest BCUT2D eigenvalue weighted by Crippen LogP contribution is 2.52. The molecule has 0 saturated heterocycles. The molecule has 20 heteroatoms. The van der Waals surface area contributed by atoms with Gasteiger partial charge in [0.1, 0.15) is 22.6 Å². The third-order valence-electron chi connectivity index (χ3n) is 25.4.